The van der Waals surface area contributed by atoms with Gasteiger partial charge >= 0.3 is 0 Å². The minimum atomic E-state index is 1.01. The first-order valence-electron chi connectivity index (χ1n) is 14.6. The van der Waals surface area contributed by atoms with Crippen molar-refractivity contribution in [2.24, 2.45) is 0 Å². The fraction of sp³-hybridized carbons (Fsp3) is 0.122. The summed E-state index contributed by atoms with van der Waals surface area (Å²) in [6.07, 6.45) is 23.7. The number of aryl methyl sites for hydroxylation is 1. The predicted octanol–water partition coefficient (Wildman–Crippen LogP) is 11.4. The molecule has 6 aromatic carbocycles. The van der Waals surface area contributed by atoms with Crippen molar-refractivity contribution in [1.29, 1.82) is 0 Å². The second-order valence-electron chi connectivity index (χ2n) is 11.0. The smallest absolute Gasteiger partial charge is 0.00264 e. The van der Waals surface area contributed by atoms with Crippen LogP contribution in [0.5, 0.6) is 0 Å². The summed E-state index contributed by atoms with van der Waals surface area (Å²) in [4.78, 5) is 0. The number of hydrogen-bond donors (Lipinski definition) is 0. The van der Waals surface area contributed by atoms with Crippen LogP contribution in [0, 0.1) is 12.8 Å². The maximum Gasteiger partial charge on any atom is -0.00264 e. The minimum Gasteiger partial charge on any atom is -0.124 e. The zero-order valence-electron chi connectivity index (χ0n) is 23.5. The lowest BCUT2D eigenvalue weighted by molar-refractivity contribution is 1.08. The standard InChI is InChI=1S/C39H30.C2H2/c1-2-3-4-5-6-7-10-25-15-16-27-22-35-28(21-34(25)27)17-20-31-30(35)19-18-29-23-37-32-13-8-11-26-12-9-14-33(39(26)32)38(37)24-36(29)31;1-2/h3-4,6-14,17-24H,2,5,15-16H2,1H3;1-2H/b4-3-,7-6-,25-10+;. The molecule has 0 saturated heterocycles. The highest BCUT2D eigenvalue weighted by molar-refractivity contribution is 6.22. The molecule has 0 bridgehead atoms. The Balaban J connectivity index is 0.00000135. The maximum atomic E-state index is 4.00. The molecular weight excluding hydrogens is 492 g/mol. The van der Waals surface area contributed by atoms with E-state index in [9.17, 15) is 0 Å². The van der Waals surface area contributed by atoms with Gasteiger partial charge in [0.05, 0.1) is 0 Å². The van der Waals surface area contributed by atoms with Gasteiger partial charge in [0.1, 0.15) is 0 Å². The second kappa shape index (κ2) is 10.3. The van der Waals surface area contributed by atoms with Crippen molar-refractivity contribution in [3.8, 4) is 35.1 Å². The third kappa shape index (κ3) is 4.01. The van der Waals surface area contributed by atoms with E-state index in [1.54, 1.807) is 0 Å². The van der Waals surface area contributed by atoms with Crippen LogP contribution in [-0.4, -0.2) is 0 Å². The Bertz CT molecular complexity index is 2100. The number of benzene rings is 6. The molecule has 2 aliphatic rings. The monoisotopic (exact) mass is 524 g/mol. The van der Waals surface area contributed by atoms with Gasteiger partial charge in [0.2, 0.25) is 0 Å². The topological polar surface area (TPSA) is 0 Å². The number of hydrogen-bond acceptors (Lipinski definition) is 0. The largest absolute Gasteiger partial charge is 0.124 e. The van der Waals surface area contributed by atoms with Crippen LogP contribution in [0.3, 0.4) is 0 Å². The van der Waals surface area contributed by atoms with Crippen molar-refractivity contribution >= 4 is 48.7 Å². The summed E-state index contributed by atoms with van der Waals surface area (Å²) >= 11 is 0. The molecule has 0 N–H and O–H groups in total. The van der Waals surface area contributed by atoms with Gasteiger partial charge in [-0.15, -0.1) is 12.8 Å². The van der Waals surface area contributed by atoms with Crippen LogP contribution in [0.1, 0.15) is 37.3 Å². The molecule has 0 spiro atoms. The molecule has 0 saturated carbocycles. The number of allylic oxidation sites excluding steroid dienone is 6. The fourth-order valence-electron chi connectivity index (χ4n) is 6.94. The fourth-order valence-corrected chi connectivity index (χ4v) is 6.94. The molecule has 0 radical (unpaired) electrons. The van der Waals surface area contributed by atoms with Gasteiger partial charge in [0.25, 0.3) is 0 Å². The van der Waals surface area contributed by atoms with E-state index in [0.717, 1.165) is 25.7 Å². The number of rotatable bonds is 4. The molecule has 8 rings (SSSR count). The Labute approximate surface area is 242 Å². The summed E-state index contributed by atoms with van der Waals surface area (Å²) in [6, 6.07) is 32.5. The summed E-state index contributed by atoms with van der Waals surface area (Å²) in [5, 5.41) is 10.8. The van der Waals surface area contributed by atoms with E-state index in [0.29, 0.717) is 0 Å². The highest BCUT2D eigenvalue weighted by Gasteiger charge is 2.22. The van der Waals surface area contributed by atoms with Crippen LogP contribution < -0.4 is 0 Å². The van der Waals surface area contributed by atoms with Gasteiger partial charge in [-0.05, 0) is 132 Å². The molecule has 0 nitrogen and oxygen atoms in total. The third-order valence-corrected chi connectivity index (χ3v) is 8.80. The zero-order chi connectivity index (χ0) is 27.9. The molecule has 2 aliphatic carbocycles. The van der Waals surface area contributed by atoms with E-state index in [4.69, 9.17) is 0 Å². The third-order valence-electron chi connectivity index (χ3n) is 8.80. The lowest BCUT2D eigenvalue weighted by Crippen LogP contribution is -1.87. The van der Waals surface area contributed by atoms with Gasteiger partial charge in [0, 0.05) is 0 Å². The van der Waals surface area contributed by atoms with Crippen molar-refractivity contribution < 1.29 is 0 Å². The average molecular weight is 525 g/mol. The summed E-state index contributed by atoms with van der Waals surface area (Å²) in [5.41, 5.74) is 9.84. The normalized spacial score (nSPS) is 14.5. The van der Waals surface area contributed by atoms with E-state index in [1.165, 1.54) is 82.0 Å². The first-order chi connectivity index (χ1) is 20.3. The number of terminal acetylenes is 1. The molecular formula is C41H32. The van der Waals surface area contributed by atoms with Gasteiger partial charge in [-0.1, -0.05) is 98.0 Å². The molecule has 41 heavy (non-hydrogen) atoms. The highest BCUT2D eigenvalue weighted by atomic mass is 14.3. The molecule has 0 unspecified atom stereocenters. The van der Waals surface area contributed by atoms with Gasteiger partial charge in [-0.25, -0.2) is 0 Å². The summed E-state index contributed by atoms with van der Waals surface area (Å²) in [5.74, 6) is 0. The lowest BCUT2D eigenvalue weighted by Gasteiger charge is -2.12. The van der Waals surface area contributed by atoms with Gasteiger partial charge < -0.3 is 0 Å². The second-order valence-corrected chi connectivity index (χ2v) is 11.0. The van der Waals surface area contributed by atoms with E-state index in [2.05, 4.69) is 135 Å². The van der Waals surface area contributed by atoms with Crippen molar-refractivity contribution in [2.45, 2.75) is 32.6 Å². The SMILES string of the molecule is C#C.CC/C=C\C/C=C\C=C1/CCc2cc3c(ccc4c5cc6c(cc5ccc34)-c3cccc4cccc-6c34)cc21. The molecule has 0 atom stereocenters. The van der Waals surface area contributed by atoms with Crippen molar-refractivity contribution in [3.05, 3.63) is 126 Å². The zero-order valence-corrected chi connectivity index (χ0v) is 23.5. The van der Waals surface area contributed by atoms with Crippen LogP contribution in [0.25, 0.3) is 70.9 Å². The summed E-state index contributed by atoms with van der Waals surface area (Å²) in [6.45, 7) is 2.18. The molecule has 0 fully saturated rings. The van der Waals surface area contributed by atoms with E-state index in [1.807, 2.05) is 0 Å². The van der Waals surface area contributed by atoms with Gasteiger partial charge in [0.15, 0.2) is 0 Å². The van der Waals surface area contributed by atoms with E-state index in [-0.39, 0.29) is 0 Å². The predicted molar refractivity (Wildman–Crippen MR) is 180 cm³/mol. The Morgan fingerprint density at radius 3 is 1.95 bits per heavy atom. The number of fused-ring (bicyclic) bond motifs is 9. The van der Waals surface area contributed by atoms with Crippen LogP contribution >= 0.6 is 0 Å². The van der Waals surface area contributed by atoms with Crippen molar-refractivity contribution in [1.82, 2.24) is 0 Å². The summed E-state index contributed by atoms with van der Waals surface area (Å²) < 4.78 is 0. The average Bonchev–Trinajstić information content (AvgIpc) is 3.57. The lowest BCUT2D eigenvalue weighted by atomic mass is 9.92. The molecule has 0 amide bonds. The molecule has 6 aromatic rings. The van der Waals surface area contributed by atoms with Crippen molar-refractivity contribution in [3.63, 3.8) is 0 Å². The first kappa shape index (κ1) is 25.1. The van der Waals surface area contributed by atoms with Crippen LogP contribution in [0.4, 0.5) is 0 Å². The minimum absolute atomic E-state index is 1.01. The van der Waals surface area contributed by atoms with Crippen molar-refractivity contribution in [2.75, 3.05) is 0 Å². The molecule has 0 heterocycles. The maximum absolute atomic E-state index is 4.00. The van der Waals surface area contributed by atoms with Crippen LogP contribution in [0.15, 0.2) is 115 Å². The quantitative estimate of drug-likeness (QED) is 0.122. The molecule has 196 valence electrons. The van der Waals surface area contributed by atoms with E-state index < -0.39 is 0 Å². The van der Waals surface area contributed by atoms with Gasteiger partial charge in [-0.3, -0.25) is 0 Å². The first-order valence-corrected chi connectivity index (χ1v) is 14.6. The highest BCUT2D eigenvalue weighted by Crippen LogP contribution is 2.49. The summed E-state index contributed by atoms with van der Waals surface area (Å²) in [7, 11) is 0. The Kier molecular flexibility index (Phi) is 6.30. The Hall–Kier alpha value is -4.86. The van der Waals surface area contributed by atoms with Gasteiger partial charge in [-0.2, -0.15) is 0 Å². The Morgan fingerprint density at radius 1 is 0.585 bits per heavy atom. The molecule has 0 aliphatic heterocycles. The van der Waals surface area contributed by atoms with E-state index >= 15 is 0 Å². The molecule has 0 aromatic heterocycles. The van der Waals surface area contributed by atoms with Crippen LogP contribution in [0.2, 0.25) is 0 Å². The van der Waals surface area contributed by atoms with Crippen LogP contribution in [-0.2, 0) is 6.42 Å². The Morgan fingerprint density at radius 2 is 1.24 bits per heavy atom. The molecule has 0 heteroatoms.